The lowest BCUT2D eigenvalue weighted by atomic mass is 10.4. The SMILES string of the molecule is CC(C)n1ccc(C(=O)NS(=O)(=O)C2(C)CC2)n1. The van der Waals surface area contributed by atoms with Gasteiger partial charge in [-0.3, -0.25) is 9.48 Å². The summed E-state index contributed by atoms with van der Waals surface area (Å²) >= 11 is 0. The van der Waals surface area contributed by atoms with Gasteiger partial charge in [0.2, 0.25) is 10.0 Å². The van der Waals surface area contributed by atoms with Crippen molar-refractivity contribution in [1.29, 1.82) is 0 Å². The summed E-state index contributed by atoms with van der Waals surface area (Å²) in [7, 11) is -3.59. The van der Waals surface area contributed by atoms with E-state index in [0.29, 0.717) is 12.8 Å². The Morgan fingerprint density at radius 3 is 2.56 bits per heavy atom. The van der Waals surface area contributed by atoms with E-state index in [-0.39, 0.29) is 11.7 Å². The summed E-state index contributed by atoms with van der Waals surface area (Å²) in [6.45, 7) is 5.49. The van der Waals surface area contributed by atoms with Crippen LogP contribution in [-0.2, 0) is 10.0 Å². The first-order valence-electron chi connectivity index (χ1n) is 5.87. The molecule has 1 aromatic heterocycles. The molecule has 1 heterocycles. The number of carbonyl (C=O) groups excluding carboxylic acids is 1. The third-order valence-electron chi connectivity index (χ3n) is 3.20. The number of rotatable bonds is 4. The number of nitrogens with zero attached hydrogens (tertiary/aromatic N) is 2. The van der Waals surface area contributed by atoms with Gasteiger partial charge in [-0.25, -0.2) is 13.1 Å². The van der Waals surface area contributed by atoms with Gasteiger partial charge in [-0.05, 0) is 39.7 Å². The normalized spacial score (nSPS) is 17.8. The van der Waals surface area contributed by atoms with Crippen LogP contribution < -0.4 is 4.72 Å². The molecule has 0 bridgehead atoms. The van der Waals surface area contributed by atoms with Crippen molar-refractivity contribution in [3.8, 4) is 0 Å². The van der Waals surface area contributed by atoms with E-state index in [1.54, 1.807) is 17.8 Å². The van der Waals surface area contributed by atoms with E-state index in [1.165, 1.54) is 6.07 Å². The maximum Gasteiger partial charge on any atom is 0.285 e. The number of nitrogens with one attached hydrogen (secondary N) is 1. The quantitative estimate of drug-likeness (QED) is 0.888. The minimum atomic E-state index is -3.59. The maximum absolute atomic E-state index is 11.9. The predicted octanol–water partition coefficient (Wildman–Crippen LogP) is 1.08. The summed E-state index contributed by atoms with van der Waals surface area (Å²) in [4.78, 5) is 11.8. The molecule has 1 aromatic rings. The molecule has 0 saturated heterocycles. The van der Waals surface area contributed by atoms with E-state index >= 15 is 0 Å². The van der Waals surface area contributed by atoms with Crippen LogP contribution in [0.25, 0.3) is 0 Å². The van der Waals surface area contributed by atoms with Gasteiger partial charge in [0.25, 0.3) is 5.91 Å². The zero-order valence-electron chi connectivity index (χ0n) is 10.7. The molecule has 100 valence electrons. The number of hydrogen-bond donors (Lipinski definition) is 1. The Kier molecular flexibility index (Phi) is 2.96. The first-order chi connectivity index (χ1) is 8.25. The van der Waals surface area contributed by atoms with E-state index in [2.05, 4.69) is 9.82 Å². The summed E-state index contributed by atoms with van der Waals surface area (Å²) in [5, 5.41) is 4.04. The standard InChI is InChI=1S/C11H17N3O3S/c1-8(2)14-7-4-9(12-14)10(15)13-18(16,17)11(3)5-6-11/h4,7-8H,5-6H2,1-3H3,(H,13,15). The Labute approximate surface area is 106 Å². The molecule has 0 spiro atoms. The van der Waals surface area contributed by atoms with E-state index in [1.807, 2.05) is 13.8 Å². The van der Waals surface area contributed by atoms with Gasteiger partial charge in [-0.15, -0.1) is 0 Å². The van der Waals surface area contributed by atoms with Crippen LogP contribution in [0.3, 0.4) is 0 Å². The molecule has 7 heteroatoms. The molecule has 1 amide bonds. The molecular weight excluding hydrogens is 254 g/mol. The molecule has 1 fully saturated rings. The molecule has 0 aliphatic heterocycles. The molecule has 1 aliphatic carbocycles. The average molecular weight is 271 g/mol. The number of sulfonamides is 1. The van der Waals surface area contributed by atoms with Gasteiger partial charge in [-0.2, -0.15) is 5.10 Å². The third kappa shape index (κ3) is 2.27. The molecule has 0 unspecified atom stereocenters. The van der Waals surface area contributed by atoms with Gasteiger partial charge in [0.05, 0.1) is 4.75 Å². The molecule has 1 N–H and O–H groups in total. The molecular formula is C11H17N3O3S. The van der Waals surface area contributed by atoms with E-state index in [9.17, 15) is 13.2 Å². The van der Waals surface area contributed by atoms with Crippen molar-refractivity contribution in [3.05, 3.63) is 18.0 Å². The second-order valence-electron chi connectivity index (χ2n) is 5.16. The monoisotopic (exact) mass is 271 g/mol. The Balaban J connectivity index is 2.12. The van der Waals surface area contributed by atoms with Gasteiger partial charge >= 0.3 is 0 Å². The topological polar surface area (TPSA) is 81.1 Å². The lowest BCUT2D eigenvalue weighted by molar-refractivity contribution is 0.0975. The smallest absolute Gasteiger partial charge is 0.269 e. The molecule has 0 aromatic carbocycles. The summed E-state index contributed by atoms with van der Waals surface area (Å²) in [5.74, 6) is -0.664. The highest BCUT2D eigenvalue weighted by molar-refractivity contribution is 7.91. The van der Waals surface area contributed by atoms with Gasteiger partial charge in [0, 0.05) is 12.2 Å². The molecule has 2 rings (SSSR count). The molecule has 1 saturated carbocycles. The number of carbonyl (C=O) groups is 1. The minimum absolute atomic E-state index is 0.122. The van der Waals surface area contributed by atoms with Crippen LogP contribution >= 0.6 is 0 Å². The summed E-state index contributed by atoms with van der Waals surface area (Å²) in [6.07, 6.45) is 2.84. The number of amides is 1. The van der Waals surface area contributed by atoms with Crippen LogP contribution in [0.2, 0.25) is 0 Å². The lowest BCUT2D eigenvalue weighted by Gasteiger charge is -2.10. The molecule has 0 radical (unpaired) electrons. The molecule has 6 nitrogen and oxygen atoms in total. The molecule has 1 aliphatic rings. The van der Waals surface area contributed by atoms with Crippen LogP contribution in [-0.4, -0.2) is 28.9 Å². The Morgan fingerprint density at radius 1 is 1.50 bits per heavy atom. The lowest BCUT2D eigenvalue weighted by Crippen LogP contribution is -2.38. The summed E-state index contributed by atoms with van der Waals surface area (Å²) in [6, 6.07) is 1.64. The van der Waals surface area contributed by atoms with E-state index in [4.69, 9.17) is 0 Å². The third-order valence-corrected chi connectivity index (χ3v) is 5.36. The van der Waals surface area contributed by atoms with Crippen molar-refractivity contribution in [2.24, 2.45) is 0 Å². The largest absolute Gasteiger partial charge is 0.285 e. The number of aromatic nitrogens is 2. The van der Waals surface area contributed by atoms with Gasteiger partial charge in [-0.1, -0.05) is 0 Å². The maximum atomic E-state index is 11.9. The van der Waals surface area contributed by atoms with Crippen molar-refractivity contribution in [2.75, 3.05) is 0 Å². The van der Waals surface area contributed by atoms with Gasteiger partial charge < -0.3 is 0 Å². The fourth-order valence-corrected chi connectivity index (χ4v) is 2.72. The minimum Gasteiger partial charge on any atom is -0.269 e. The van der Waals surface area contributed by atoms with Gasteiger partial charge in [0.15, 0.2) is 5.69 Å². The molecule has 0 atom stereocenters. The van der Waals surface area contributed by atoms with Crippen molar-refractivity contribution in [3.63, 3.8) is 0 Å². The number of hydrogen-bond acceptors (Lipinski definition) is 4. The molecule has 18 heavy (non-hydrogen) atoms. The van der Waals surface area contributed by atoms with Crippen molar-refractivity contribution in [2.45, 2.75) is 44.4 Å². The van der Waals surface area contributed by atoms with Crippen molar-refractivity contribution >= 4 is 15.9 Å². The van der Waals surface area contributed by atoms with Crippen LogP contribution in [0, 0.1) is 0 Å². The first-order valence-corrected chi connectivity index (χ1v) is 7.35. The zero-order chi connectivity index (χ0) is 13.6. The fourth-order valence-electron chi connectivity index (χ4n) is 1.49. The Hall–Kier alpha value is -1.37. The predicted molar refractivity (Wildman–Crippen MR) is 66.6 cm³/mol. The van der Waals surface area contributed by atoms with E-state index < -0.39 is 20.7 Å². The van der Waals surface area contributed by atoms with Crippen molar-refractivity contribution < 1.29 is 13.2 Å². The summed E-state index contributed by atoms with van der Waals surface area (Å²) in [5.41, 5.74) is 0.122. The van der Waals surface area contributed by atoms with Crippen LogP contribution in [0.4, 0.5) is 0 Å². The van der Waals surface area contributed by atoms with Crippen LogP contribution in [0.5, 0.6) is 0 Å². The fraction of sp³-hybridized carbons (Fsp3) is 0.636. The Bertz CT molecular complexity index is 570. The average Bonchev–Trinajstić information content (AvgIpc) is 2.83. The highest BCUT2D eigenvalue weighted by Crippen LogP contribution is 2.42. The van der Waals surface area contributed by atoms with Gasteiger partial charge in [0.1, 0.15) is 0 Å². The highest BCUT2D eigenvalue weighted by atomic mass is 32.2. The second-order valence-corrected chi connectivity index (χ2v) is 7.36. The Morgan fingerprint density at radius 2 is 2.11 bits per heavy atom. The first kappa shape index (κ1) is 13.1. The summed E-state index contributed by atoms with van der Waals surface area (Å²) < 4.78 is 26.7. The van der Waals surface area contributed by atoms with Crippen LogP contribution in [0.1, 0.15) is 50.1 Å². The van der Waals surface area contributed by atoms with Crippen molar-refractivity contribution in [1.82, 2.24) is 14.5 Å². The van der Waals surface area contributed by atoms with E-state index in [0.717, 1.165) is 0 Å². The van der Waals surface area contributed by atoms with Crippen LogP contribution in [0.15, 0.2) is 12.3 Å². The highest BCUT2D eigenvalue weighted by Gasteiger charge is 2.50. The second kappa shape index (κ2) is 4.08. The zero-order valence-corrected chi connectivity index (χ0v) is 11.5.